The average molecular weight is 505 g/mol. The molecule has 3 aliphatic heterocycles. The Kier molecular flexibility index (Phi) is 8.88. The van der Waals surface area contributed by atoms with Crippen LogP contribution >= 0.6 is 24.0 Å². The molecule has 4 rings (SSSR count). The van der Waals surface area contributed by atoms with Crippen LogP contribution in [0, 0.1) is 0 Å². The molecule has 0 bridgehead atoms. The van der Waals surface area contributed by atoms with Gasteiger partial charge in [-0.05, 0) is 37.8 Å². The van der Waals surface area contributed by atoms with Crippen LogP contribution in [0.4, 0.5) is 0 Å². The number of guanidine groups is 1. The molecule has 3 atom stereocenters. The van der Waals surface area contributed by atoms with Crippen molar-refractivity contribution in [3.63, 3.8) is 0 Å². The highest BCUT2D eigenvalue weighted by Gasteiger charge is 2.32. The molecule has 1 aromatic heterocycles. The molecule has 0 radical (unpaired) electrons. The SMILES string of the molecule is I.c1coc(CCNC(=NCC2CCCO2)N2CCOC(C3CCCO3)C2)c1. The Labute approximate surface area is 184 Å². The summed E-state index contributed by atoms with van der Waals surface area (Å²) in [7, 11) is 0. The average Bonchev–Trinajstić information content (AvgIpc) is 3.48. The van der Waals surface area contributed by atoms with Gasteiger partial charge in [0, 0.05) is 39.3 Å². The molecule has 158 valence electrons. The van der Waals surface area contributed by atoms with E-state index < -0.39 is 0 Å². The quantitative estimate of drug-likeness (QED) is 0.364. The van der Waals surface area contributed by atoms with E-state index in [-0.39, 0.29) is 42.3 Å². The van der Waals surface area contributed by atoms with Crippen molar-refractivity contribution in [1.29, 1.82) is 0 Å². The molecule has 1 N–H and O–H groups in total. The summed E-state index contributed by atoms with van der Waals surface area (Å²) in [5, 5.41) is 3.53. The lowest BCUT2D eigenvalue weighted by molar-refractivity contribution is -0.0817. The first-order valence-corrected chi connectivity index (χ1v) is 10.3. The number of nitrogens with zero attached hydrogens (tertiary/aromatic N) is 2. The third-order valence-corrected chi connectivity index (χ3v) is 5.48. The minimum atomic E-state index is 0. The van der Waals surface area contributed by atoms with Crippen molar-refractivity contribution >= 4 is 29.9 Å². The summed E-state index contributed by atoms with van der Waals surface area (Å²) in [5.74, 6) is 1.93. The number of rotatable bonds is 6. The van der Waals surface area contributed by atoms with Crippen molar-refractivity contribution in [1.82, 2.24) is 10.2 Å². The second-order valence-electron chi connectivity index (χ2n) is 7.46. The van der Waals surface area contributed by atoms with Gasteiger partial charge < -0.3 is 28.8 Å². The summed E-state index contributed by atoms with van der Waals surface area (Å²) in [6.07, 6.45) is 7.61. The predicted molar refractivity (Wildman–Crippen MR) is 117 cm³/mol. The third kappa shape index (κ3) is 6.08. The molecule has 4 heterocycles. The van der Waals surface area contributed by atoms with Crippen molar-refractivity contribution in [3.05, 3.63) is 24.2 Å². The summed E-state index contributed by atoms with van der Waals surface area (Å²) < 4.78 is 23.0. The highest BCUT2D eigenvalue weighted by Crippen LogP contribution is 2.21. The largest absolute Gasteiger partial charge is 0.469 e. The molecule has 3 unspecified atom stereocenters. The fourth-order valence-electron chi connectivity index (χ4n) is 3.99. The number of ether oxygens (including phenoxy) is 3. The standard InChI is InChI=1S/C20H31N3O4.HI/c1-4-16(24-10-1)7-8-21-20(22-14-17-5-2-11-25-17)23-9-13-27-19(15-23)18-6-3-12-26-18;/h1,4,10,17-19H,2-3,5-9,11-15H2,(H,21,22);1H. The zero-order valence-electron chi connectivity index (χ0n) is 16.4. The Bertz CT molecular complexity index is 586. The normalized spacial score (nSPS) is 28.4. The van der Waals surface area contributed by atoms with E-state index in [1.54, 1.807) is 6.26 Å². The molecular weight excluding hydrogens is 473 g/mol. The van der Waals surface area contributed by atoms with E-state index in [1.165, 1.54) is 0 Å². The van der Waals surface area contributed by atoms with Crippen molar-refractivity contribution in [2.75, 3.05) is 46.0 Å². The molecule has 0 amide bonds. The maximum atomic E-state index is 5.99. The highest BCUT2D eigenvalue weighted by atomic mass is 127. The van der Waals surface area contributed by atoms with Gasteiger partial charge in [-0.3, -0.25) is 4.99 Å². The molecule has 1 aromatic rings. The van der Waals surface area contributed by atoms with Gasteiger partial charge in [0.05, 0.1) is 31.6 Å². The Hall–Kier alpha value is -0.840. The number of morpholine rings is 1. The van der Waals surface area contributed by atoms with Crippen molar-refractivity contribution < 1.29 is 18.6 Å². The van der Waals surface area contributed by atoms with Crippen molar-refractivity contribution in [2.24, 2.45) is 4.99 Å². The van der Waals surface area contributed by atoms with Crippen LogP contribution in [0.25, 0.3) is 0 Å². The number of nitrogens with one attached hydrogen (secondary N) is 1. The first kappa shape index (κ1) is 21.9. The van der Waals surface area contributed by atoms with E-state index in [4.69, 9.17) is 23.6 Å². The molecule has 3 fully saturated rings. The van der Waals surface area contributed by atoms with E-state index in [0.717, 1.165) is 76.7 Å². The van der Waals surface area contributed by atoms with E-state index in [2.05, 4.69) is 10.2 Å². The lowest BCUT2D eigenvalue weighted by Crippen LogP contribution is -2.53. The van der Waals surface area contributed by atoms with Crippen LogP contribution in [0.3, 0.4) is 0 Å². The summed E-state index contributed by atoms with van der Waals surface area (Å²) in [5.41, 5.74) is 0. The lowest BCUT2D eigenvalue weighted by Gasteiger charge is -2.37. The van der Waals surface area contributed by atoms with Crippen molar-refractivity contribution in [2.45, 2.75) is 50.4 Å². The fourth-order valence-corrected chi connectivity index (χ4v) is 3.99. The molecule has 8 heteroatoms. The number of hydrogen-bond acceptors (Lipinski definition) is 5. The van der Waals surface area contributed by atoms with E-state index in [0.29, 0.717) is 13.2 Å². The van der Waals surface area contributed by atoms with Crippen LogP contribution in [0.15, 0.2) is 27.8 Å². The molecule has 0 spiro atoms. The molecule has 0 aromatic carbocycles. The smallest absolute Gasteiger partial charge is 0.194 e. The lowest BCUT2D eigenvalue weighted by atomic mass is 10.1. The van der Waals surface area contributed by atoms with Crippen LogP contribution in [-0.4, -0.2) is 75.2 Å². The van der Waals surface area contributed by atoms with Gasteiger partial charge in [-0.2, -0.15) is 0 Å². The van der Waals surface area contributed by atoms with Gasteiger partial charge in [-0.15, -0.1) is 24.0 Å². The number of aliphatic imine (C=N–C) groups is 1. The molecule has 3 saturated heterocycles. The van der Waals surface area contributed by atoms with Gasteiger partial charge >= 0.3 is 0 Å². The van der Waals surface area contributed by atoms with Gasteiger partial charge in [0.1, 0.15) is 11.9 Å². The molecule has 3 aliphatic rings. The summed E-state index contributed by atoms with van der Waals surface area (Å²) >= 11 is 0. The molecule has 0 saturated carbocycles. The minimum absolute atomic E-state index is 0. The molecule has 7 nitrogen and oxygen atoms in total. The summed E-state index contributed by atoms with van der Waals surface area (Å²) in [6.45, 7) is 5.60. The zero-order chi connectivity index (χ0) is 18.3. The van der Waals surface area contributed by atoms with Crippen LogP contribution in [0.2, 0.25) is 0 Å². The van der Waals surface area contributed by atoms with Gasteiger partial charge in [0.2, 0.25) is 0 Å². The van der Waals surface area contributed by atoms with Crippen LogP contribution in [0.5, 0.6) is 0 Å². The second kappa shape index (κ2) is 11.4. The predicted octanol–water partition coefficient (Wildman–Crippen LogP) is 2.44. The topological polar surface area (TPSA) is 68.5 Å². The van der Waals surface area contributed by atoms with Gasteiger partial charge in [0.25, 0.3) is 0 Å². The fraction of sp³-hybridized carbons (Fsp3) is 0.750. The van der Waals surface area contributed by atoms with Crippen molar-refractivity contribution in [3.8, 4) is 0 Å². The second-order valence-corrected chi connectivity index (χ2v) is 7.46. The number of halogens is 1. The van der Waals surface area contributed by atoms with Crippen LogP contribution in [-0.2, 0) is 20.6 Å². The van der Waals surface area contributed by atoms with Crippen LogP contribution in [0.1, 0.15) is 31.4 Å². The number of furan rings is 1. The minimum Gasteiger partial charge on any atom is -0.469 e. The Morgan fingerprint density at radius 1 is 1.11 bits per heavy atom. The molecule has 0 aliphatic carbocycles. The Balaban J connectivity index is 0.00000225. The van der Waals surface area contributed by atoms with Gasteiger partial charge in [-0.1, -0.05) is 0 Å². The summed E-state index contributed by atoms with van der Waals surface area (Å²) in [4.78, 5) is 7.20. The monoisotopic (exact) mass is 505 g/mol. The van der Waals surface area contributed by atoms with E-state index in [9.17, 15) is 0 Å². The first-order chi connectivity index (χ1) is 13.4. The van der Waals surface area contributed by atoms with E-state index in [1.807, 2.05) is 12.1 Å². The zero-order valence-corrected chi connectivity index (χ0v) is 18.7. The maximum absolute atomic E-state index is 5.99. The first-order valence-electron chi connectivity index (χ1n) is 10.3. The molecule has 28 heavy (non-hydrogen) atoms. The third-order valence-electron chi connectivity index (χ3n) is 5.48. The van der Waals surface area contributed by atoms with Gasteiger partial charge in [-0.25, -0.2) is 0 Å². The van der Waals surface area contributed by atoms with Crippen LogP contribution < -0.4 is 5.32 Å². The van der Waals surface area contributed by atoms with E-state index >= 15 is 0 Å². The summed E-state index contributed by atoms with van der Waals surface area (Å²) in [6, 6.07) is 3.93. The molecular formula is C20H32IN3O4. The Morgan fingerprint density at radius 2 is 1.96 bits per heavy atom. The van der Waals surface area contributed by atoms with Gasteiger partial charge in [0.15, 0.2) is 5.96 Å². The Morgan fingerprint density at radius 3 is 2.71 bits per heavy atom. The maximum Gasteiger partial charge on any atom is 0.194 e. The highest BCUT2D eigenvalue weighted by molar-refractivity contribution is 14.0. The number of hydrogen-bond donors (Lipinski definition) is 1.